The fourth-order valence-corrected chi connectivity index (χ4v) is 3.54. The molecule has 1 N–H and O–H groups in total. The monoisotopic (exact) mass is 302 g/mol. The van der Waals surface area contributed by atoms with Gasteiger partial charge in [0.05, 0.1) is 10.8 Å². The lowest BCUT2D eigenvalue weighted by molar-refractivity contribution is 0.0981. The van der Waals surface area contributed by atoms with Crippen molar-refractivity contribution in [1.29, 1.82) is 0 Å². The molecule has 4 aromatic rings. The molecule has 1 aliphatic rings. The van der Waals surface area contributed by atoms with Crippen LogP contribution >= 0.6 is 0 Å². The molecule has 1 aliphatic heterocycles. The zero-order valence-electron chi connectivity index (χ0n) is 12.2. The van der Waals surface area contributed by atoms with E-state index >= 15 is 0 Å². The summed E-state index contributed by atoms with van der Waals surface area (Å²) < 4.78 is 1.13. The summed E-state index contributed by atoms with van der Waals surface area (Å²) in [5, 5.41) is 7.33. The molecule has 23 heavy (non-hydrogen) atoms. The molecule has 1 aromatic heterocycles. The second-order valence-electron chi connectivity index (χ2n) is 5.99. The van der Waals surface area contributed by atoms with Gasteiger partial charge in [-0.25, -0.2) is 0 Å². The summed E-state index contributed by atoms with van der Waals surface area (Å²) in [4.78, 5) is 36.2. The number of nitrogens with zero attached hydrogens (tertiary/aromatic N) is 1. The van der Waals surface area contributed by atoms with Gasteiger partial charge in [0.15, 0.2) is 0 Å². The first kappa shape index (κ1) is 12.3. The number of aromatic nitrogens is 1. The minimum atomic E-state index is -0.284. The van der Waals surface area contributed by atoms with E-state index in [1.807, 2.05) is 12.1 Å². The van der Waals surface area contributed by atoms with E-state index in [1.165, 1.54) is 7.05 Å². The van der Waals surface area contributed by atoms with E-state index in [2.05, 4.69) is 11.9 Å². The van der Waals surface area contributed by atoms with Crippen molar-refractivity contribution in [2.45, 2.75) is 0 Å². The highest BCUT2D eigenvalue weighted by molar-refractivity contribution is 6.29. The smallest absolute Gasteiger partial charge is 0.261 e. The number of carbonyl (C=O) groups excluding carboxylic acids is 1. The van der Waals surface area contributed by atoms with E-state index < -0.39 is 0 Å². The van der Waals surface area contributed by atoms with Crippen molar-refractivity contribution in [3.63, 3.8) is 0 Å². The molecule has 3 aromatic carbocycles. The quantitative estimate of drug-likeness (QED) is 0.538. The topological polar surface area (TPSA) is 68.2 Å². The van der Waals surface area contributed by atoms with Crippen molar-refractivity contribution < 1.29 is 4.79 Å². The largest absolute Gasteiger partial charge is 0.322 e. The lowest BCUT2D eigenvalue weighted by Gasteiger charge is -2.13. The summed E-state index contributed by atoms with van der Waals surface area (Å²) in [6, 6.07) is 7.28. The van der Waals surface area contributed by atoms with Crippen LogP contribution in [0.5, 0.6) is 0 Å². The Labute approximate surface area is 129 Å². The molecule has 5 heteroatoms. The Balaban J connectivity index is 1.96. The maximum Gasteiger partial charge on any atom is 0.261 e. The summed E-state index contributed by atoms with van der Waals surface area (Å²) in [5.41, 5.74) is 1.42. The van der Waals surface area contributed by atoms with E-state index in [-0.39, 0.29) is 17.0 Å². The Morgan fingerprint density at radius 3 is 1.83 bits per heavy atom. The highest BCUT2D eigenvalue weighted by Crippen LogP contribution is 2.40. The Morgan fingerprint density at radius 1 is 0.783 bits per heavy atom. The minimum absolute atomic E-state index is 0.159. The number of fused-ring (bicyclic) bond motifs is 6. The van der Waals surface area contributed by atoms with Gasteiger partial charge in [-0.1, -0.05) is 6.58 Å². The Bertz CT molecular complexity index is 1220. The van der Waals surface area contributed by atoms with Gasteiger partial charge in [0.25, 0.3) is 17.0 Å². The fourth-order valence-electron chi connectivity index (χ4n) is 3.54. The van der Waals surface area contributed by atoms with Crippen LogP contribution < -0.4 is 16.4 Å². The summed E-state index contributed by atoms with van der Waals surface area (Å²) in [7, 11) is 1.48. The van der Waals surface area contributed by atoms with E-state index in [9.17, 15) is 14.4 Å². The average molecular weight is 302 g/mol. The Hall–Kier alpha value is -3.21. The normalized spacial score (nSPS) is 14.3. The molecule has 0 aliphatic carbocycles. The molecule has 0 saturated carbocycles. The van der Waals surface area contributed by atoms with E-state index in [0.29, 0.717) is 22.0 Å². The highest BCUT2D eigenvalue weighted by Gasteiger charge is 2.25. The van der Waals surface area contributed by atoms with Crippen LogP contribution in [0.15, 0.2) is 40.4 Å². The average Bonchev–Trinajstić information content (AvgIpc) is 2.93. The zero-order chi connectivity index (χ0) is 16.0. The molecule has 0 radical (unpaired) electrons. The Kier molecular flexibility index (Phi) is 1.92. The first-order valence-corrected chi connectivity index (χ1v) is 7.17. The standard InChI is InChI=1S/C18H10N2O3/c1-7-8-3-9-10(4-13(8)16(21)19-7)12-6-15-14(5-11(9)12)17(22)20(2)18(15)23/h3-6H,1H2,2H3,(H,19,21). The van der Waals surface area contributed by atoms with E-state index in [0.717, 1.165) is 31.7 Å². The zero-order valence-corrected chi connectivity index (χ0v) is 12.2. The van der Waals surface area contributed by atoms with Crippen molar-refractivity contribution in [1.82, 2.24) is 9.88 Å². The van der Waals surface area contributed by atoms with Gasteiger partial charge >= 0.3 is 0 Å². The third-order valence-electron chi connectivity index (χ3n) is 4.80. The van der Waals surface area contributed by atoms with Crippen molar-refractivity contribution in [2.24, 2.45) is 7.05 Å². The first-order chi connectivity index (χ1) is 11.0. The number of hydrogen-bond acceptors (Lipinski definition) is 3. The molecule has 2 heterocycles. The summed E-state index contributed by atoms with van der Waals surface area (Å²) >= 11 is 0. The van der Waals surface area contributed by atoms with Crippen LogP contribution in [0.2, 0.25) is 0 Å². The minimum Gasteiger partial charge on any atom is -0.322 e. The van der Waals surface area contributed by atoms with Crippen LogP contribution in [-0.2, 0) is 7.05 Å². The van der Waals surface area contributed by atoms with Gasteiger partial charge in [0.1, 0.15) is 0 Å². The maximum atomic E-state index is 12.1. The van der Waals surface area contributed by atoms with Crippen LogP contribution in [0.25, 0.3) is 38.0 Å². The molecule has 0 atom stereocenters. The number of carbonyl (C=O) groups is 1. The molecular weight excluding hydrogens is 292 g/mol. The third-order valence-corrected chi connectivity index (χ3v) is 4.80. The van der Waals surface area contributed by atoms with Crippen LogP contribution in [0.4, 0.5) is 0 Å². The first-order valence-electron chi connectivity index (χ1n) is 7.17. The summed E-state index contributed by atoms with van der Waals surface area (Å²) in [5.74, 6) is -0.159. The lowest BCUT2D eigenvalue weighted by atomic mass is 9.89. The van der Waals surface area contributed by atoms with Gasteiger partial charge in [-0.05, 0) is 45.8 Å². The fraction of sp³-hybridized carbons (Fsp3) is 0.0556. The van der Waals surface area contributed by atoms with Crippen molar-refractivity contribution >= 4 is 43.9 Å². The highest BCUT2D eigenvalue weighted by atomic mass is 16.2. The second-order valence-corrected chi connectivity index (χ2v) is 5.99. The number of hydrogen-bond donors (Lipinski definition) is 1. The van der Waals surface area contributed by atoms with Crippen LogP contribution in [-0.4, -0.2) is 10.5 Å². The maximum absolute atomic E-state index is 12.1. The number of nitrogens with one attached hydrogen (secondary N) is 1. The molecular formula is C18H10N2O3. The van der Waals surface area contributed by atoms with Crippen molar-refractivity contribution in [3.8, 4) is 0 Å². The predicted molar refractivity (Wildman–Crippen MR) is 89.3 cm³/mol. The SMILES string of the molecule is C=C1NC(=O)c2cc3c(cc21)c1cc2c(=O)n(C)c(=O)c2cc31. The molecule has 5 nitrogen and oxygen atoms in total. The van der Waals surface area contributed by atoms with Gasteiger partial charge in [-0.3, -0.25) is 19.0 Å². The van der Waals surface area contributed by atoms with Crippen LogP contribution in [0, 0.1) is 0 Å². The third kappa shape index (κ3) is 1.26. The van der Waals surface area contributed by atoms with Gasteiger partial charge in [0.2, 0.25) is 0 Å². The van der Waals surface area contributed by atoms with Gasteiger partial charge in [-0.2, -0.15) is 0 Å². The lowest BCUT2D eigenvalue weighted by Crippen LogP contribution is -2.20. The molecule has 0 bridgehead atoms. The molecule has 110 valence electrons. The second kappa shape index (κ2) is 3.57. The molecule has 1 amide bonds. The molecule has 0 saturated heterocycles. The van der Waals surface area contributed by atoms with Crippen molar-refractivity contribution in [3.05, 3.63) is 62.7 Å². The van der Waals surface area contributed by atoms with E-state index in [4.69, 9.17) is 0 Å². The Morgan fingerprint density at radius 2 is 1.26 bits per heavy atom. The van der Waals surface area contributed by atoms with Gasteiger partial charge in [-0.15, -0.1) is 0 Å². The van der Waals surface area contributed by atoms with Crippen LogP contribution in [0.1, 0.15) is 15.9 Å². The van der Waals surface area contributed by atoms with E-state index in [1.54, 1.807) is 12.1 Å². The number of rotatable bonds is 0. The number of benzene rings is 2. The summed E-state index contributed by atoms with van der Waals surface area (Å²) in [6.07, 6.45) is 0. The number of amides is 1. The molecule has 0 fully saturated rings. The molecule has 5 rings (SSSR count). The predicted octanol–water partition coefficient (Wildman–Crippen LogP) is 1.79. The van der Waals surface area contributed by atoms with Gasteiger partial charge < -0.3 is 5.32 Å². The molecule has 0 unspecified atom stereocenters. The molecule has 0 spiro atoms. The summed E-state index contributed by atoms with van der Waals surface area (Å²) in [6.45, 7) is 3.85. The van der Waals surface area contributed by atoms with Gasteiger partial charge in [0, 0.05) is 23.9 Å². The van der Waals surface area contributed by atoms with Crippen LogP contribution in [0.3, 0.4) is 0 Å². The van der Waals surface area contributed by atoms with Crippen molar-refractivity contribution in [2.75, 3.05) is 0 Å².